The van der Waals surface area contributed by atoms with Crippen LogP contribution in [0.1, 0.15) is 58.4 Å². The van der Waals surface area contributed by atoms with Crippen LogP contribution in [0, 0.1) is 22.7 Å². The highest BCUT2D eigenvalue weighted by Gasteiger charge is 2.42. The van der Waals surface area contributed by atoms with E-state index in [0.717, 1.165) is 37.1 Å². The van der Waals surface area contributed by atoms with Crippen molar-refractivity contribution in [3.8, 4) is 11.8 Å². The lowest BCUT2D eigenvalue weighted by Crippen LogP contribution is -2.54. The zero-order valence-electron chi connectivity index (χ0n) is 15.8. The smallest absolute Gasteiger partial charge is 0.119 e. The van der Waals surface area contributed by atoms with Crippen molar-refractivity contribution >= 4 is 0 Å². The number of hydrogen-bond acceptors (Lipinski definition) is 4. The van der Waals surface area contributed by atoms with Crippen molar-refractivity contribution in [3.05, 3.63) is 29.8 Å². The fourth-order valence-corrected chi connectivity index (χ4v) is 4.43. The van der Waals surface area contributed by atoms with Crippen LogP contribution in [0.3, 0.4) is 0 Å². The molecule has 25 heavy (non-hydrogen) atoms. The van der Waals surface area contributed by atoms with Gasteiger partial charge < -0.3 is 15.2 Å². The van der Waals surface area contributed by atoms with Crippen molar-refractivity contribution in [3.63, 3.8) is 0 Å². The summed E-state index contributed by atoms with van der Waals surface area (Å²) in [6, 6.07) is 10.2. The molecule has 4 nitrogen and oxygen atoms in total. The number of ether oxygens (including phenoxy) is 1. The SMILES string of the molecule is C[C@H]1CC(C)(C)C[C@@](CO)(NCc2cccc(OCCCC#N)c2)C1. The number of hydrogen-bond donors (Lipinski definition) is 2. The molecule has 0 unspecified atom stereocenters. The second-order valence-electron chi connectivity index (χ2n) is 8.40. The first kappa shape index (κ1) is 19.8. The Bertz CT molecular complexity index is 594. The molecule has 0 aromatic heterocycles. The number of benzene rings is 1. The number of nitriles is 1. The Morgan fingerprint density at radius 1 is 1.36 bits per heavy atom. The molecule has 1 aromatic rings. The van der Waals surface area contributed by atoms with E-state index in [1.54, 1.807) is 0 Å². The molecule has 0 aliphatic heterocycles. The first-order valence-corrected chi connectivity index (χ1v) is 9.33. The standard InChI is InChI=1S/C21H32N2O2/c1-17-12-20(2,3)15-21(13-17,16-24)23-14-18-7-6-8-19(11-18)25-10-5-4-9-22/h6-8,11,17,23-24H,4-5,10,12-16H2,1-3H3/t17-,21-/m0/s1. The molecular formula is C21H32N2O2. The van der Waals surface area contributed by atoms with E-state index in [9.17, 15) is 5.11 Å². The zero-order chi connectivity index (χ0) is 18.3. The normalized spacial score (nSPS) is 25.3. The van der Waals surface area contributed by atoms with Gasteiger partial charge in [-0.05, 0) is 54.7 Å². The summed E-state index contributed by atoms with van der Waals surface area (Å²) >= 11 is 0. The van der Waals surface area contributed by atoms with Crippen molar-refractivity contribution in [2.75, 3.05) is 13.2 Å². The molecule has 0 radical (unpaired) electrons. The lowest BCUT2D eigenvalue weighted by Gasteiger charge is -2.47. The molecule has 1 aliphatic carbocycles. The van der Waals surface area contributed by atoms with Crippen LogP contribution in [0.5, 0.6) is 5.75 Å². The molecule has 2 atom stereocenters. The number of aliphatic hydroxyl groups is 1. The predicted octanol–water partition coefficient (Wildman–Crippen LogP) is 4.04. The Hall–Kier alpha value is -1.57. The summed E-state index contributed by atoms with van der Waals surface area (Å²) in [4.78, 5) is 0. The molecule has 2 rings (SSSR count). The molecule has 0 bridgehead atoms. The van der Waals surface area contributed by atoms with Gasteiger partial charge in [0.15, 0.2) is 0 Å². The Labute approximate surface area is 152 Å². The average molecular weight is 344 g/mol. The van der Waals surface area contributed by atoms with Crippen molar-refractivity contribution in [1.82, 2.24) is 5.32 Å². The Morgan fingerprint density at radius 3 is 2.84 bits per heavy atom. The number of aliphatic hydroxyl groups excluding tert-OH is 1. The van der Waals surface area contributed by atoms with Gasteiger partial charge in [0, 0.05) is 18.5 Å². The van der Waals surface area contributed by atoms with Gasteiger partial charge in [-0.25, -0.2) is 0 Å². The van der Waals surface area contributed by atoms with E-state index in [1.807, 2.05) is 18.2 Å². The summed E-state index contributed by atoms with van der Waals surface area (Å²) in [7, 11) is 0. The molecular weight excluding hydrogens is 312 g/mol. The van der Waals surface area contributed by atoms with Gasteiger partial charge in [-0.1, -0.05) is 32.9 Å². The molecule has 1 fully saturated rings. The molecule has 0 amide bonds. The first-order valence-electron chi connectivity index (χ1n) is 9.33. The van der Waals surface area contributed by atoms with Gasteiger partial charge in [-0.2, -0.15) is 5.26 Å². The van der Waals surface area contributed by atoms with E-state index in [4.69, 9.17) is 10.00 Å². The summed E-state index contributed by atoms with van der Waals surface area (Å²) in [5.41, 5.74) is 1.20. The minimum absolute atomic E-state index is 0.172. The predicted molar refractivity (Wildman–Crippen MR) is 100 cm³/mol. The van der Waals surface area contributed by atoms with E-state index < -0.39 is 0 Å². The Kier molecular flexibility index (Phi) is 6.87. The fraction of sp³-hybridized carbons (Fsp3) is 0.667. The quantitative estimate of drug-likeness (QED) is 0.699. The van der Waals surface area contributed by atoms with Gasteiger partial charge in [0.1, 0.15) is 5.75 Å². The average Bonchev–Trinajstić information content (AvgIpc) is 2.56. The van der Waals surface area contributed by atoms with E-state index in [0.29, 0.717) is 18.9 Å². The van der Waals surface area contributed by atoms with Crippen LogP contribution in [-0.2, 0) is 6.54 Å². The molecule has 0 saturated heterocycles. The van der Waals surface area contributed by atoms with Crippen LogP contribution in [-0.4, -0.2) is 23.9 Å². The Morgan fingerprint density at radius 2 is 2.16 bits per heavy atom. The molecule has 1 saturated carbocycles. The molecule has 4 heteroatoms. The first-order chi connectivity index (χ1) is 11.9. The second-order valence-corrected chi connectivity index (χ2v) is 8.40. The summed E-state index contributed by atoms with van der Waals surface area (Å²) < 4.78 is 5.71. The van der Waals surface area contributed by atoms with E-state index in [1.165, 1.54) is 6.42 Å². The summed E-state index contributed by atoms with van der Waals surface area (Å²) in [5.74, 6) is 1.45. The van der Waals surface area contributed by atoms with Crippen molar-refractivity contribution in [1.29, 1.82) is 5.26 Å². The highest BCUT2D eigenvalue weighted by Crippen LogP contribution is 2.43. The van der Waals surface area contributed by atoms with Crippen LogP contribution >= 0.6 is 0 Å². The lowest BCUT2D eigenvalue weighted by molar-refractivity contribution is 0.0352. The van der Waals surface area contributed by atoms with Gasteiger partial charge in [0.25, 0.3) is 0 Å². The van der Waals surface area contributed by atoms with Gasteiger partial charge in [-0.3, -0.25) is 0 Å². The van der Waals surface area contributed by atoms with Crippen molar-refractivity contribution in [2.45, 2.75) is 65.0 Å². The van der Waals surface area contributed by atoms with E-state index >= 15 is 0 Å². The third-order valence-electron chi connectivity index (χ3n) is 5.03. The van der Waals surface area contributed by atoms with Crippen LogP contribution in [0.15, 0.2) is 24.3 Å². The molecule has 138 valence electrons. The number of nitrogens with one attached hydrogen (secondary N) is 1. The van der Waals surface area contributed by atoms with Gasteiger partial charge in [0.2, 0.25) is 0 Å². The number of rotatable bonds is 8. The van der Waals surface area contributed by atoms with Crippen molar-refractivity contribution in [2.24, 2.45) is 11.3 Å². The van der Waals surface area contributed by atoms with Gasteiger partial charge in [0.05, 0.1) is 19.3 Å². The summed E-state index contributed by atoms with van der Waals surface area (Å²) in [6.07, 6.45) is 4.48. The van der Waals surface area contributed by atoms with Gasteiger partial charge in [-0.15, -0.1) is 0 Å². The minimum Gasteiger partial charge on any atom is -0.494 e. The molecule has 0 spiro atoms. The zero-order valence-corrected chi connectivity index (χ0v) is 15.8. The topological polar surface area (TPSA) is 65.3 Å². The fourth-order valence-electron chi connectivity index (χ4n) is 4.43. The summed E-state index contributed by atoms with van der Waals surface area (Å²) in [6.45, 7) is 8.33. The summed E-state index contributed by atoms with van der Waals surface area (Å²) in [5, 5.41) is 22.3. The largest absolute Gasteiger partial charge is 0.494 e. The molecule has 1 aliphatic rings. The maximum atomic E-state index is 10.1. The van der Waals surface area contributed by atoms with E-state index in [2.05, 4.69) is 38.2 Å². The highest BCUT2D eigenvalue weighted by molar-refractivity contribution is 5.28. The number of nitrogens with zero attached hydrogens (tertiary/aromatic N) is 1. The highest BCUT2D eigenvalue weighted by atomic mass is 16.5. The second kappa shape index (κ2) is 8.69. The maximum absolute atomic E-state index is 10.1. The maximum Gasteiger partial charge on any atom is 0.119 e. The van der Waals surface area contributed by atoms with Crippen LogP contribution in [0.2, 0.25) is 0 Å². The monoisotopic (exact) mass is 344 g/mol. The Balaban J connectivity index is 1.96. The third-order valence-corrected chi connectivity index (χ3v) is 5.03. The van der Waals surface area contributed by atoms with Crippen LogP contribution in [0.25, 0.3) is 0 Å². The van der Waals surface area contributed by atoms with Crippen molar-refractivity contribution < 1.29 is 9.84 Å². The minimum atomic E-state index is -0.204. The third kappa shape index (κ3) is 6.02. The van der Waals surface area contributed by atoms with E-state index in [-0.39, 0.29) is 17.6 Å². The van der Waals surface area contributed by atoms with Gasteiger partial charge >= 0.3 is 0 Å². The number of unbranched alkanes of at least 4 members (excludes halogenated alkanes) is 1. The lowest BCUT2D eigenvalue weighted by atomic mass is 9.64. The molecule has 0 heterocycles. The molecule has 1 aromatic carbocycles. The molecule has 2 N–H and O–H groups in total. The van der Waals surface area contributed by atoms with Crippen LogP contribution < -0.4 is 10.1 Å². The van der Waals surface area contributed by atoms with Crippen LogP contribution in [0.4, 0.5) is 0 Å².